The van der Waals surface area contributed by atoms with Gasteiger partial charge >= 0.3 is 5.97 Å². The third-order valence-corrected chi connectivity index (χ3v) is 5.04. The number of nitrogens with zero attached hydrogens (tertiary/aromatic N) is 1. The molecule has 2 aromatic rings. The second-order valence-corrected chi connectivity index (χ2v) is 8.25. The molecular weight excluding hydrogens is 464 g/mol. The highest BCUT2D eigenvalue weighted by Gasteiger charge is 1.98. The minimum Gasteiger partial charge on any atom is -0.493 e. The zero-order valence-corrected chi connectivity index (χ0v) is 22.3. The number of aryl methyl sites for hydroxylation is 2. The number of carboxylic acid groups (broad SMARTS) is 1. The summed E-state index contributed by atoms with van der Waals surface area (Å²) in [7, 11) is 0. The van der Waals surface area contributed by atoms with Crippen LogP contribution in [0, 0.1) is 6.92 Å². The van der Waals surface area contributed by atoms with Crippen LogP contribution in [0.3, 0.4) is 0 Å². The average Bonchev–Trinajstić information content (AvgIpc) is 2.85. The van der Waals surface area contributed by atoms with Crippen LogP contribution in [-0.2, 0) is 16.1 Å². The third kappa shape index (κ3) is 19.1. The van der Waals surface area contributed by atoms with E-state index in [-0.39, 0.29) is 12.5 Å². The van der Waals surface area contributed by atoms with Gasteiger partial charge < -0.3 is 26.1 Å². The van der Waals surface area contributed by atoms with Gasteiger partial charge in [-0.3, -0.25) is 4.79 Å². The van der Waals surface area contributed by atoms with E-state index in [9.17, 15) is 4.79 Å². The van der Waals surface area contributed by atoms with Crippen LogP contribution < -0.4 is 20.9 Å². The summed E-state index contributed by atoms with van der Waals surface area (Å²) in [4.78, 5) is 16.2. The lowest BCUT2D eigenvalue weighted by Crippen LogP contribution is -2.23. The molecule has 196 valence electrons. The Morgan fingerprint density at radius 1 is 1.00 bits per heavy atom. The summed E-state index contributed by atoms with van der Waals surface area (Å²) in [6, 6.07) is 16.2. The van der Waals surface area contributed by atoms with E-state index in [0.717, 1.165) is 23.5 Å². The number of nitrogens with two attached hydrogens (primary N) is 2. The maximum atomic E-state index is 10.3. The number of hydrogen-bond donors (Lipinski definition) is 4. The van der Waals surface area contributed by atoms with Crippen molar-refractivity contribution in [2.24, 2.45) is 16.6 Å². The highest BCUT2D eigenvalue weighted by atomic mass is 32.2. The number of oxime groups is 1. The van der Waals surface area contributed by atoms with Crippen LogP contribution in [0.1, 0.15) is 57.6 Å². The number of benzene rings is 2. The molecule has 2 rings (SSSR count). The number of unbranched alkanes of at least 4 members (excludes halogenated alkanes) is 2. The van der Waals surface area contributed by atoms with Gasteiger partial charge in [0.1, 0.15) is 18.9 Å². The number of nitrogens with one attached hydrogen (secondary N) is 1. The SMILES string of the molecule is CC.CCCCCc1ccc(SNCC(=O)O)cc1.Cc1ccc(OCCCON=C(N)N)cc1. The zero-order valence-electron chi connectivity index (χ0n) is 21.5. The van der Waals surface area contributed by atoms with E-state index in [4.69, 9.17) is 26.1 Å². The number of guanidine groups is 1. The van der Waals surface area contributed by atoms with Crippen molar-refractivity contribution in [1.82, 2.24) is 4.72 Å². The Balaban J connectivity index is 0.000000618. The van der Waals surface area contributed by atoms with Crippen molar-refractivity contribution < 1.29 is 19.5 Å². The number of rotatable bonds is 14. The third-order valence-electron chi connectivity index (χ3n) is 4.25. The van der Waals surface area contributed by atoms with E-state index in [1.54, 1.807) is 0 Å². The molecule has 0 amide bonds. The van der Waals surface area contributed by atoms with Crippen LogP contribution in [0.4, 0.5) is 0 Å². The Morgan fingerprint density at radius 3 is 2.23 bits per heavy atom. The average molecular weight is 507 g/mol. The molecule has 0 aliphatic rings. The standard InChI is InChI=1S/C13H19NO2S.C11H17N3O2.C2H6/c1-2-3-4-5-11-6-8-12(9-7-11)17-14-10-13(15)16;1-9-3-5-10(6-4-9)15-7-2-8-16-14-11(12)13;1-2/h6-9,14H,2-5,10H2,1H3,(H,15,16);3-6H,2,7-8H2,1H3,(H4,12,13,14);1-2H3. The maximum absolute atomic E-state index is 10.3. The van der Waals surface area contributed by atoms with Crippen molar-refractivity contribution in [3.8, 4) is 5.75 Å². The highest BCUT2D eigenvalue weighted by molar-refractivity contribution is 7.97. The highest BCUT2D eigenvalue weighted by Crippen LogP contribution is 2.16. The first-order chi connectivity index (χ1) is 16.9. The summed E-state index contributed by atoms with van der Waals surface area (Å²) in [5.41, 5.74) is 12.7. The monoisotopic (exact) mass is 506 g/mol. The van der Waals surface area contributed by atoms with Crippen molar-refractivity contribution in [1.29, 1.82) is 0 Å². The summed E-state index contributed by atoms with van der Waals surface area (Å²) >= 11 is 1.35. The van der Waals surface area contributed by atoms with E-state index in [2.05, 4.69) is 28.9 Å². The molecule has 8 nitrogen and oxygen atoms in total. The van der Waals surface area contributed by atoms with Crippen molar-refractivity contribution in [2.75, 3.05) is 19.8 Å². The van der Waals surface area contributed by atoms with Gasteiger partial charge in [-0.2, -0.15) is 0 Å². The topological polar surface area (TPSA) is 132 Å². The van der Waals surface area contributed by atoms with Gasteiger partial charge in [0.05, 0.1) is 6.61 Å². The van der Waals surface area contributed by atoms with Gasteiger partial charge in [-0.05, 0) is 66.7 Å². The number of carbonyl (C=O) groups is 1. The first-order valence-electron chi connectivity index (χ1n) is 12.0. The smallest absolute Gasteiger partial charge is 0.318 e. The molecule has 0 unspecified atom stereocenters. The minimum atomic E-state index is -0.839. The van der Waals surface area contributed by atoms with E-state index in [0.29, 0.717) is 13.2 Å². The Labute approximate surface area is 214 Å². The lowest BCUT2D eigenvalue weighted by atomic mass is 10.1. The first kappa shape index (κ1) is 32.1. The van der Waals surface area contributed by atoms with Gasteiger partial charge in [-0.1, -0.05) is 63.4 Å². The summed E-state index contributed by atoms with van der Waals surface area (Å²) in [6.45, 7) is 9.22. The minimum absolute atomic E-state index is 0.0249. The van der Waals surface area contributed by atoms with E-state index >= 15 is 0 Å². The van der Waals surface area contributed by atoms with Crippen LogP contribution >= 0.6 is 11.9 Å². The van der Waals surface area contributed by atoms with Crippen molar-refractivity contribution >= 4 is 23.9 Å². The molecule has 0 spiro atoms. The molecular formula is C26H42N4O4S. The summed E-state index contributed by atoms with van der Waals surface area (Å²) in [5.74, 6) is -0.0550. The van der Waals surface area contributed by atoms with Gasteiger partial charge in [0.2, 0.25) is 5.96 Å². The van der Waals surface area contributed by atoms with Gasteiger partial charge in [-0.15, -0.1) is 0 Å². The van der Waals surface area contributed by atoms with Gasteiger partial charge in [0.25, 0.3) is 0 Å². The van der Waals surface area contributed by atoms with Gasteiger partial charge in [-0.25, -0.2) is 4.72 Å². The molecule has 0 saturated carbocycles. The lowest BCUT2D eigenvalue weighted by Gasteiger charge is -2.05. The fraction of sp³-hybridized carbons (Fsp3) is 0.462. The number of carboxylic acids is 1. The Morgan fingerprint density at radius 2 is 1.66 bits per heavy atom. The van der Waals surface area contributed by atoms with Crippen LogP contribution in [0.5, 0.6) is 5.75 Å². The normalized spacial score (nSPS) is 9.60. The van der Waals surface area contributed by atoms with E-state index in [1.807, 2.05) is 57.2 Å². The predicted octanol–water partition coefficient (Wildman–Crippen LogP) is 5.10. The van der Waals surface area contributed by atoms with E-state index < -0.39 is 5.97 Å². The predicted molar refractivity (Wildman–Crippen MR) is 146 cm³/mol. The number of hydrogen-bond acceptors (Lipinski definition) is 6. The molecule has 0 aromatic heterocycles. The molecule has 0 bridgehead atoms. The molecule has 0 atom stereocenters. The maximum Gasteiger partial charge on any atom is 0.318 e. The fourth-order valence-corrected chi connectivity index (χ4v) is 3.19. The summed E-state index contributed by atoms with van der Waals surface area (Å²) < 4.78 is 8.27. The quantitative estimate of drug-likeness (QED) is 0.0915. The largest absolute Gasteiger partial charge is 0.493 e. The Hall–Kier alpha value is -2.91. The molecule has 0 fully saturated rings. The molecule has 2 aromatic carbocycles. The second-order valence-electron chi connectivity index (χ2n) is 7.28. The zero-order chi connectivity index (χ0) is 26.3. The summed E-state index contributed by atoms with van der Waals surface area (Å²) in [6.07, 6.45) is 5.61. The Kier molecular flexibility index (Phi) is 19.8. The van der Waals surface area contributed by atoms with Crippen LogP contribution in [0.15, 0.2) is 58.6 Å². The molecule has 9 heteroatoms. The van der Waals surface area contributed by atoms with Crippen molar-refractivity contribution in [3.05, 3.63) is 59.7 Å². The second kappa shape index (κ2) is 21.6. The first-order valence-corrected chi connectivity index (χ1v) is 12.8. The molecule has 0 aliphatic carbocycles. The number of aliphatic carboxylic acids is 1. The van der Waals surface area contributed by atoms with Crippen molar-refractivity contribution in [2.45, 2.75) is 64.7 Å². The molecule has 6 N–H and O–H groups in total. The molecule has 35 heavy (non-hydrogen) atoms. The molecule has 0 aliphatic heterocycles. The molecule has 0 saturated heterocycles. The summed E-state index contributed by atoms with van der Waals surface area (Å²) in [5, 5.41) is 11.9. The lowest BCUT2D eigenvalue weighted by molar-refractivity contribution is -0.135. The Bertz CT molecular complexity index is 811. The number of ether oxygens (including phenoxy) is 1. The van der Waals surface area contributed by atoms with E-state index in [1.165, 1.54) is 42.3 Å². The van der Waals surface area contributed by atoms with Crippen LogP contribution in [-0.4, -0.2) is 36.8 Å². The van der Waals surface area contributed by atoms with Crippen LogP contribution in [0.2, 0.25) is 0 Å². The molecule has 0 heterocycles. The van der Waals surface area contributed by atoms with Crippen LogP contribution in [0.25, 0.3) is 0 Å². The van der Waals surface area contributed by atoms with Gasteiger partial charge in [0, 0.05) is 11.3 Å². The van der Waals surface area contributed by atoms with Crippen molar-refractivity contribution in [3.63, 3.8) is 0 Å². The molecule has 0 radical (unpaired) electrons. The van der Waals surface area contributed by atoms with Gasteiger partial charge in [0.15, 0.2) is 0 Å². The fourth-order valence-electron chi connectivity index (χ4n) is 2.55.